The SMILES string of the molecule is c1ccc(-c2cccc(N(c3ccccc3)c3cc(-c4ccccc4)cc(N(c4ccccc4-c4ccccc4)c4cccc5c4-c4ccccc4C54c5ccccc5-c5c4ccc4ccccc54)c3)c2)cc1. The highest BCUT2D eigenvalue weighted by Crippen LogP contribution is 2.66. The van der Waals surface area contributed by atoms with Crippen LogP contribution in [-0.4, -0.2) is 0 Å². The van der Waals surface area contributed by atoms with Crippen LogP contribution in [0.2, 0.25) is 0 Å². The summed E-state index contributed by atoms with van der Waals surface area (Å²) in [6, 6.07) is 107. The van der Waals surface area contributed by atoms with Gasteiger partial charge in [0.25, 0.3) is 0 Å². The van der Waals surface area contributed by atoms with E-state index in [0.29, 0.717) is 0 Å². The Morgan fingerprint density at radius 2 is 0.699 bits per heavy atom. The minimum atomic E-state index is -0.548. The highest BCUT2D eigenvalue weighted by molar-refractivity contribution is 6.08. The lowest BCUT2D eigenvalue weighted by Gasteiger charge is -2.33. The summed E-state index contributed by atoms with van der Waals surface area (Å²) < 4.78 is 0. The lowest BCUT2D eigenvalue weighted by molar-refractivity contribution is 0.794. The smallest absolute Gasteiger partial charge is 0.0726 e. The van der Waals surface area contributed by atoms with Gasteiger partial charge in [0.05, 0.1) is 16.8 Å². The molecule has 0 bridgehead atoms. The zero-order chi connectivity index (χ0) is 48.3. The highest BCUT2D eigenvalue weighted by atomic mass is 15.2. The van der Waals surface area contributed by atoms with Crippen molar-refractivity contribution in [2.75, 3.05) is 9.80 Å². The molecule has 0 saturated heterocycles. The number of anilines is 6. The molecule has 0 saturated carbocycles. The molecule has 0 radical (unpaired) electrons. The molecule has 0 heterocycles. The second-order valence-electron chi connectivity index (χ2n) is 19.2. The molecule has 0 aliphatic heterocycles. The first kappa shape index (κ1) is 42.4. The number of fused-ring (bicyclic) bond motifs is 12. The third-order valence-electron chi connectivity index (χ3n) is 15.2. The van der Waals surface area contributed by atoms with Crippen molar-refractivity contribution in [1.29, 1.82) is 0 Å². The van der Waals surface area contributed by atoms with E-state index in [9.17, 15) is 0 Å². The average molecular weight is 929 g/mol. The Bertz CT molecular complexity index is 4030. The topological polar surface area (TPSA) is 6.48 Å². The molecule has 0 aromatic heterocycles. The minimum absolute atomic E-state index is 0.548. The average Bonchev–Trinajstić information content (AvgIpc) is 4.00. The van der Waals surface area contributed by atoms with E-state index in [1.165, 1.54) is 60.8 Å². The molecule has 342 valence electrons. The fourth-order valence-corrected chi connectivity index (χ4v) is 12.2. The summed E-state index contributed by atoms with van der Waals surface area (Å²) in [5.41, 5.74) is 23.1. The number of para-hydroxylation sites is 2. The predicted molar refractivity (Wildman–Crippen MR) is 306 cm³/mol. The quantitative estimate of drug-likeness (QED) is 0.142. The Morgan fingerprint density at radius 3 is 1.41 bits per heavy atom. The Morgan fingerprint density at radius 1 is 0.233 bits per heavy atom. The molecule has 2 aliphatic carbocycles. The summed E-state index contributed by atoms with van der Waals surface area (Å²) in [5, 5.41) is 2.54. The molecule has 2 heteroatoms. The van der Waals surface area contributed by atoms with Gasteiger partial charge in [0, 0.05) is 33.9 Å². The van der Waals surface area contributed by atoms with Gasteiger partial charge in [-0.1, -0.05) is 237 Å². The van der Waals surface area contributed by atoms with Crippen molar-refractivity contribution in [3.63, 3.8) is 0 Å². The Hall–Kier alpha value is -9.50. The third-order valence-corrected chi connectivity index (χ3v) is 15.2. The molecule has 0 N–H and O–H groups in total. The number of benzene rings is 12. The van der Waals surface area contributed by atoms with Crippen molar-refractivity contribution in [1.82, 2.24) is 0 Å². The van der Waals surface area contributed by atoms with Crippen LogP contribution in [0, 0.1) is 0 Å². The number of hydrogen-bond donors (Lipinski definition) is 0. The molecule has 1 unspecified atom stereocenters. The van der Waals surface area contributed by atoms with Gasteiger partial charge in [-0.15, -0.1) is 0 Å². The maximum atomic E-state index is 2.55. The van der Waals surface area contributed by atoms with E-state index in [2.05, 4.69) is 301 Å². The molecule has 73 heavy (non-hydrogen) atoms. The van der Waals surface area contributed by atoms with Crippen LogP contribution < -0.4 is 9.80 Å². The van der Waals surface area contributed by atoms with Gasteiger partial charge in [-0.3, -0.25) is 0 Å². The molecule has 1 atom stereocenters. The van der Waals surface area contributed by atoms with Gasteiger partial charge in [0.1, 0.15) is 0 Å². The van der Waals surface area contributed by atoms with Crippen LogP contribution in [0.25, 0.3) is 66.4 Å². The number of hydrogen-bond acceptors (Lipinski definition) is 2. The second-order valence-corrected chi connectivity index (χ2v) is 19.2. The van der Waals surface area contributed by atoms with Crippen LogP contribution in [0.1, 0.15) is 22.3 Å². The first-order valence-electron chi connectivity index (χ1n) is 25.3. The van der Waals surface area contributed by atoms with E-state index < -0.39 is 5.41 Å². The summed E-state index contributed by atoms with van der Waals surface area (Å²) in [7, 11) is 0. The molecule has 14 rings (SSSR count). The minimum Gasteiger partial charge on any atom is -0.310 e. The maximum absolute atomic E-state index is 2.55. The van der Waals surface area contributed by atoms with Gasteiger partial charge in [-0.25, -0.2) is 0 Å². The Balaban J connectivity index is 1.08. The molecule has 2 nitrogen and oxygen atoms in total. The van der Waals surface area contributed by atoms with Crippen LogP contribution in [0.15, 0.2) is 291 Å². The largest absolute Gasteiger partial charge is 0.310 e. The fraction of sp³-hybridized carbons (Fsp3) is 0.0141. The van der Waals surface area contributed by atoms with Crippen LogP contribution >= 0.6 is 0 Å². The molecule has 12 aromatic carbocycles. The maximum Gasteiger partial charge on any atom is 0.0726 e. The van der Waals surface area contributed by atoms with Crippen LogP contribution in [-0.2, 0) is 5.41 Å². The van der Waals surface area contributed by atoms with E-state index >= 15 is 0 Å². The lowest BCUT2D eigenvalue weighted by atomic mass is 9.70. The van der Waals surface area contributed by atoms with E-state index in [0.717, 1.165) is 61.9 Å². The molecule has 12 aromatic rings. The van der Waals surface area contributed by atoms with Crippen LogP contribution in [0.4, 0.5) is 34.1 Å². The molecular weight excluding hydrogens is 881 g/mol. The van der Waals surface area contributed by atoms with Crippen molar-refractivity contribution < 1.29 is 0 Å². The standard InChI is InChI=1S/C71H48N2/c1-5-23-49(24-6-1)53-30-21-33-56(45-53)72(55-31-11-4-12-32-55)57-46-54(50-25-7-2-8-26-50)47-58(48-57)73(67-41-20-17-34-59(67)51-27-9-3-10-28-51)68-42-22-40-65-70(68)62-37-16-19-39-64(62)71(65)63-38-18-15-36-61(63)69-60-35-14-13-29-52(60)43-44-66(69)71/h1-48H. The Kier molecular flexibility index (Phi) is 10.1. The molecule has 0 fully saturated rings. The number of nitrogens with zero attached hydrogens (tertiary/aromatic N) is 2. The molecule has 1 spiro atoms. The van der Waals surface area contributed by atoms with E-state index in [4.69, 9.17) is 0 Å². The lowest BCUT2D eigenvalue weighted by Crippen LogP contribution is -2.26. The summed E-state index contributed by atoms with van der Waals surface area (Å²) in [6.45, 7) is 0. The fourth-order valence-electron chi connectivity index (χ4n) is 12.2. The van der Waals surface area contributed by atoms with Crippen molar-refractivity contribution in [3.05, 3.63) is 313 Å². The highest BCUT2D eigenvalue weighted by Gasteiger charge is 2.53. The summed E-state index contributed by atoms with van der Waals surface area (Å²) >= 11 is 0. The normalized spacial score (nSPS) is 13.8. The van der Waals surface area contributed by atoms with Gasteiger partial charge in [0.2, 0.25) is 0 Å². The van der Waals surface area contributed by atoms with E-state index in [1.54, 1.807) is 0 Å². The van der Waals surface area contributed by atoms with Crippen LogP contribution in [0.3, 0.4) is 0 Å². The predicted octanol–water partition coefficient (Wildman–Crippen LogP) is 19.1. The van der Waals surface area contributed by atoms with Gasteiger partial charge >= 0.3 is 0 Å². The summed E-state index contributed by atoms with van der Waals surface area (Å²) in [6.07, 6.45) is 0. The Labute approximate surface area is 427 Å². The zero-order valence-electron chi connectivity index (χ0n) is 40.1. The third kappa shape index (κ3) is 6.79. The molecular formula is C71H48N2. The zero-order valence-corrected chi connectivity index (χ0v) is 40.1. The van der Waals surface area contributed by atoms with E-state index in [1.807, 2.05) is 0 Å². The second kappa shape index (κ2) is 17.4. The van der Waals surface area contributed by atoms with Crippen molar-refractivity contribution in [2.45, 2.75) is 5.41 Å². The monoisotopic (exact) mass is 928 g/mol. The van der Waals surface area contributed by atoms with Gasteiger partial charge < -0.3 is 9.80 Å². The van der Waals surface area contributed by atoms with E-state index in [-0.39, 0.29) is 0 Å². The van der Waals surface area contributed by atoms with Crippen molar-refractivity contribution >= 4 is 44.9 Å². The van der Waals surface area contributed by atoms with Gasteiger partial charge in [-0.05, 0) is 132 Å². The molecule has 2 aliphatic rings. The number of rotatable bonds is 9. The van der Waals surface area contributed by atoms with Crippen molar-refractivity contribution in [2.24, 2.45) is 0 Å². The molecule has 0 amide bonds. The summed E-state index contributed by atoms with van der Waals surface area (Å²) in [4.78, 5) is 4.97. The van der Waals surface area contributed by atoms with Crippen LogP contribution in [0.5, 0.6) is 0 Å². The van der Waals surface area contributed by atoms with Crippen molar-refractivity contribution in [3.8, 4) is 55.6 Å². The first-order chi connectivity index (χ1) is 36.2. The summed E-state index contributed by atoms with van der Waals surface area (Å²) in [5.74, 6) is 0. The van der Waals surface area contributed by atoms with Gasteiger partial charge in [0.15, 0.2) is 0 Å². The first-order valence-corrected chi connectivity index (χ1v) is 25.3. The van der Waals surface area contributed by atoms with Gasteiger partial charge in [-0.2, -0.15) is 0 Å².